The van der Waals surface area contributed by atoms with Gasteiger partial charge in [-0.05, 0) is 72.1 Å². The van der Waals surface area contributed by atoms with Crippen LogP contribution in [-0.4, -0.2) is 9.97 Å². The summed E-state index contributed by atoms with van der Waals surface area (Å²) in [6.07, 6.45) is 7.12. The highest BCUT2D eigenvalue weighted by molar-refractivity contribution is 5.82. The number of fused-ring (bicyclic) bond motifs is 2. The van der Waals surface area contributed by atoms with Gasteiger partial charge in [-0.3, -0.25) is 9.97 Å². The standard InChI is InChI=1S/C26H28N2/c1-18(2)12-23-6-4-7-24-16-21(17-28-26(23)24)14-19(3)13-20-9-10-25-22(15-20)8-5-11-27-25/h4-11,15-19H,12-14H2,1-3H3. The second kappa shape index (κ2) is 8.10. The van der Waals surface area contributed by atoms with Crippen molar-refractivity contribution >= 4 is 21.8 Å². The van der Waals surface area contributed by atoms with E-state index in [2.05, 4.69) is 80.5 Å². The molecule has 0 spiro atoms. The molecule has 4 rings (SSSR count). The molecule has 2 aromatic carbocycles. The first-order valence-corrected chi connectivity index (χ1v) is 10.3. The summed E-state index contributed by atoms with van der Waals surface area (Å²) in [6, 6.07) is 19.7. The lowest BCUT2D eigenvalue weighted by Crippen LogP contribution is -2.05. The van der Waals surface area contributed by atoms with E-state index in [4.69, 9.17) is 4.98 Å². The van der Waals surface area contributed by atoms with Gasteiger partial charge < -0.3 is 0 Å². The molecular formula is C26H28N2. The van der Waals surface area contributed by atoms with Crippen LogP contribution in [0.2, 0.25) is 0 Å². The topological polar surface area (TPSA) is 25.8 Å². The second-order valence-corrected chi connectivity index (χ2v) is 8.47. The molecule has 0 N–H and O–H groups in total. The van der Waals surface area contributed by atoms with Gasteiger partial charge in [-0.25, -0.2) is 0 Å². The largest absolute Gasteiger partial charge is 0.256 e. The van der Waals surface area contributed by atoms with Crippen molar-refractivity contribution in [3.05, 3.63) is 83.7 Å². The van der Waals surface area contributed by atoms with E-state index in [0.29, 0.717) is 11.8 Å². The minimum atomic E-state index is 0.562. The summed E-state index contributed by atoms with van der Waals surface area (Å²) in [7, 11) is 0. The van der Waals surface area contributed by atoms with Crippen LogP contribution in [0.4, 0.5) is 0 Å². The summed E-state index contributed by atoms with van der Waals surface area (Å²) in [5.41, 5.74) is 6.28. The van der Waals surface area contributed by atoms with Crippen molar-refractivity contribution in [1.82, 2.24) is 9.97 Å². The average Bonchev–Trinajstić information content (AvgIpc) is 2.67. The zero-order valence-electron chi connectivity index (χ0n) is 17.0. The molecule has 0 saturated carbocycles. The van der Waals surface area contributed by atoms with Gasteiger partial charge in [-0.1, -0.05) is 51.1 Å². The molecule has 2 nitrogen and oxygen atoms in total. The molecule has 0 aliphatic rings. The normalized spacial score (nSPS) is 12.7. The van der Waals surface area contributed by atoms with Gasteiger partial charge in [0.2, 0.25) is 0 Å². The van der Waals surface area contributed by atoms with Crippen LogP contribution in [0.3, 0.4) is 0 Å². The summed E-state index contributed by atoms with van der Waals surface area (Å²) < 4.78 is 0. The average molecular weight is 369 g/mol. The Hall–Kier alpha value is -2.74. The zero-order chi connectivity index (χ0) is 19.5. The molecule has 0 saturated heterocycles. The molecule has 1 unspecified atom stereocenters. The molecule has 2 aromatic heterocycles. The Morgan fingerprint density at radius 2 is 1.54 bits per heavy atom. The number of benzene rings is 2. The minimum Gasteiger partial charge on any atom is -0.256 e. The van der Waals surface area contributed by atoms with Crippen LogP contribution in [0.25, 0.3) is 21.8 Å². The van der Waals surface area contributed by atoms with E-state index in [9.17, 15) is 0 Å². The number of rotatable bonds is 6. The number of para-hydroxylation sites is 1. The van der Waals surface area contributed by atoms with Crippen molar-refractivity contribution in [2.45, 2.75) is 40.0 Å². The Morgan fingerprint density at radius 1 is 0.750 bits per heavy atom. The van der Waals surface area contributed by atoms with Gasteiger partial charge in [0, 0.05) is 23.2 Å². The van der Waals surface area contributed by atoms with E-state index in [0.717, 1.165) is 30.3 Å². The molecule has 28 heavy (non-hydrogen) atoms. The Balaban J connectivity index is 1.50. The van der Waals surface area contributed by atoms with Gasteiger partial charge in [0.1, 0.15) is 0 Å². The quantitative estimate of drug-likeness (QED) is 0.393. The monoisotopic (exact) mass is 368 g/mol. The Bertz CT molecular complexity index is 1100. The van der Waals surface area contributed by atoms with Gasteiger partial charge in [-0.2, -0.15) is 0 Å². The summed E-state index contributed by atoms with van der Waals surface area (Å²) in [5.74, 6) is 1.21. The first-order valence-electron chi connectivity index (χ1n) is 10.3. The number of aromatic nitrogens is 2. The molecule has 0 amide bonds. The summed E-state index contributed by atoms with van der Waals surface area (Å²) >= 11 is 0. The molecule has 0 aliphatic carbocycles. The summed E-state index contributed by atoms with van der Waals surface area (Å²) in [5, 5.41) is 2.48. The number of hydrogen-bond donors (Lipinski definition) is 0. The fraction of sp³-hybridized carbons (Fsp3) is 0.308. The predicted octanol–water partition coefficient (Wildman–Crippen LogP) is 6.40. The van der Waals surface area contributed by atoms with E-state index in [1.165, 1.54) is 27.5 Å². The highest BCUT2D eigenvalue weighted by Gasteiger charge is 2.09. The Kier molecular flexibility index (Phi) is 5.38. The lowest BCUT2D eigenvalue weighted by atomic mass is 9.93. The maximum absolute atomic E-state index is 4.83. The predicted molar refractivity (Wildman–Crippen MR) is 119 cm³/mol. The van der Waals surface area contributed by atoms with Crippen LogP contribution >= 0.6 is 0 Å². The molecule has 1 atom stereocenters. The van der Waals surface area contributed by atoms with Gasteiger partial charge >= 0.3 is 0 Å². The van der Waals surface area contributed by atoms with Crippen molar-refractivity contribution in [3.63, 3.8) is 0 Å². The van der Waals surface area contributed by atoms with Crippen molar-refractivity contribution in [2.75, 3.05) is 0 Å². The first kappa shape index (κ1) is 18.6. The van der Waals surface area contributed by atoms with Gasteiger partial charge in [-0.15, -0.1) is 0 Å². The van der Waals surface area contributed by atoms with Gasteiger partial charge in [0.25, 0.3) is 0 Å². The molecule has 0 fully saturated rings. The smallest absolute Gasteiger partial charge is 0.0734 e. The molecule has 142 valence electrons. The molecule has 0 aliphatic heterocycles. The van der Waals surface area contributed by atoms with E-state index < -0.39 is 0 Å². The van der Waals surface area contributed by atoms with Crippen molar-refractivity contribution in [3.8, 4) is 0 Å². The van der Waals surface area contributed by atoms with Crippen LogP contribution in [0.5, 0.6) is 0 Å². The minimum absolute atomic E-state index is 0.562. The van der Waals surface area contributed by atoms with Crippen LogP contribution < -0.4 is 0 Å². The molecule has 0 radical (unpaired) electrons. The van der Waals surface area contributed by atoms with Gasteiger partial charge in [0.15, 0.2) is 0 Å². The van der Waals surface area contributed by atoms with Crippen LogP contribution in [-0.2, 0) is 19.3 Å². The molecule has 4 aromatic rings. The van der Waals surface area contributed by atoms with Crippen molar-refractivity contribution in [1.29, 1.82) is 0 Å². The van der Waals surface area contributed by atoms with E-state index in [-0.39, 0.29) is 0 Å². The maximum Gasteiger partial charge on any atom is 0.0734 e. The second-order valence-electron chi connectivity index (χ2n) is 8.47. The third-order valence-corrected chi connectivity index (χ3v) is 5.32. The third kappa shape index (κ3) is 4.22. The third-order valence-electron chi connectivity index (χ3n) is 5.32. The van der Waals surface area contributed by atoms with E-state index in [1.54, 1.807) is 0 Å². The number of hydrogen-bond acceptors (Lipinski definition) is 2. The Labute approximate surface area is 167 Å². The fourth-order valence-electron chi connectivity index (χ4n) is 4.11. The van der Waals surface area contributed by atoms with E-state index >= 15 is 0 Å². The molecule has 2 heterocycles. The van der Waals surface area contributed by atoms with Crippen molar-refractivity contribution < 1.29 is 0 Å². The van der Waals surface area contributed by atoms with Crippen molar-refractivity contribution in [2.24, 2.45) is 11.8 Å². The van der Waals surface area contributed by atoms with Gasteiger partial charge in [0.05, 0.1) is 11.0 Å². The fourth-order valence-corrected chi connectivity index (χ4v) is 4.11. The summed E-state index contributed by atoms with van der Waals surface area (Å²) in [6.45, 7) is 6.85. The lowest BCUT2D eigenvalue weighted by Gasteiger charge is -2.14. The van der Waals surface area contributed by atoms with Crippen LogP contribution in [0.1, 0.15) is 37.5 Å². The lowest BCUT2D eigenvalue weighted by molar-refractivity contribution is 0.577. The number of nitrogens with zero attached hydrogens (tertiary/aromatic N) is 2. The van der Waals surface area contributed by atoms with Crippen LogP contribution in [0.15, 0.2) is 67.0 Å². The molecular weight excluding hydrogens is 340 g/mol. The molecule has 2 heteroatoms. The molecule has 0 bridgehead atoms. The zero-order valence-corrected chi connectivity index (χ0v) is 17.0. The Morgan fingerprint density at radius 3 is 2.39 bits per heavy atom. The van der Waals surface area contributed by atoms with E-state index in [1.807, 2.05) is 12.3 Å². The first-order chi connectivity index (χ1) is 13.6. The maximum atomic E-state index is 4.83. The SMILES string of the molecule is CC(C)Cc1cccc2cc(CC(C)Cc3ccc4ncccc4c3)cnc12. The summed E-state index contributed by atoms with van der Waals surface area (Å²) in [4.78, 5) is 9.24. The highest BCUT2D eigenvalue weighted by Crippen LogP contribution is 2.23. The highest BCUT2D eigenvalue weighted by atomic mass is 14.7. The van der Waals surface area contributed by atoms with Crippen LogP contribution in [0, 0.1) is 11.8 Å². The number of pyridine rings is 2.